The van der Waals surface area contributed by atoms with Crippen molar-refractivity contribution in [3.63, 3.8) is 0 Å². The molecule has 1 rings (SSSR count). The van der Waals surface area contributed by atoms with Crippen LogP contribution < -0.4 is 16.1 Å². The van der Waals surface area contributed by atoms with Crippen LogP contribution in [0.5, 0.6) is 0 Å². The predicted octanol–water partition coefficient (Wildman–Crippen LogP) is 0.350. The predicted molar refractivity (Wildman–Crippen MR) is 83.5 cm³/mol. The molecule has 5 nitrogen and oxygen atoms in total. The lowest BCUT2D eigenvalue weighted by molar-refractivity contribution is -0.121. The summed E-state index contributed by atoms with van der Waals surface area (Å²) in [6, 6.07) is 6.67. The zero-order chi connectivity index (χ0) is 15.5. The molecule has 0 saturated carbocycles. The third-order valence-corrected chi connectivity index (χ3v) is 3.01. The second-order valence-electron chi connectivity index (χ2n) is 4.81. The number of hydrogen-bond acceptors (Lipinski definition) is 3. The zero-order valence-electron chi connectivity index (χ0n) is 12.4. The molecule has 0 aliphatic carbocycles. The quantitative estimate of drug-likeness (QED) is 0.453. The fourth-order valence-electron chi connectivity index (χ4n) is 1.79. The average molecular weight is 289 g/mol. The molecule has 21 heavy (non-hydrogen) atoms. The summed E-state index contributed by atoms with van der Waals surface area (Å²) in [5.74, 6) is -0.0751. The third-order valence-electron chi connectivity index (χ3n) is 3.01. The average Bonchev–Trinajstić information content (AvgIpc) is 2.52. The Labute approximate surface area is 126 Å². The maximum absolute atomic E-state index is 11.8. The van der Waals surface area contributed by atoms with Gasteiger partial charge in [0, 0.05) is 25.1 Å². The fourth-order valence-corrected chi connectivity index (χ4v) is 1.79. The number of nitrogens with one attached hydrogen (secondary N) is 2. The van der Waals surface area contributed by atoms with E-state index in [0.29, 0.717) is 24.0 Å². The minimum Gasteiger partial charge on any atom is -0.450 e. The second kappa shape index (κ2) is 9.99. The molecule has 113 valence electrons. The van der Waals surface area contributed by atoms with E-state index < -0.39 is 0 Å². The van der Waals surface area contributed by atoms with Crippen molar-refractivity contribution in [2.45, 2.75) is 32.6 Å². The number of hydrogen-bond donors (Lipinski definition) is 3. The van der Waals surface area contributed by atoms with Crippen LogP contribution in [0.25, 0.3) is 0 Å². The Morgan fingerprint density at radius 1 is 1.10 bits per heavy atom. The van der Waals surface area contributed by atoms with Crippen LogP contribution in [-0.2, 0) is 4.79 Å². The molecule has 0 unspecified atom stereocenters. The van der Waals surface area contributed by atoms with E-state index in [2.05, 4.69) is 10.6 Å². The monoisotopic (exact) mass is 289 g/mol. The summed E-state index contributed by atoms with van der Waals surface area (Å²) in [6.45, 7) is 3.28. The van der Waals surface area contributed by atoms with Gasteiger partial charge in [-0.05, 0) is 31.4 Å². The van der Waals surface area contributed by atoms with Gasteiger partial charge in [-0.1, -0.05) is 24.5 Å². The molecule has 0 aromatic heterocycles. The van der Waals surface area contributed by atoms with E-state index in [0.717, 1.165) is 33.3 Å². The molecule has 1 aromatic rings. The Hall–Kier alpha value is -1.82. The zero-order valence-corrected chi connectivity index (χ0v) is 12.4. The maximum atomic E-state index is 11.8. The molecule has 1 radical (unpaired) electrons. The molecule has 0 spiro atoms. The lowest BCUT2D eigenvalue weighted by atomic mass is 9.88. The first kappa shape index (κ1) is 17.2. The van der Waals surface area contributed by atoms with Crippen molar-refractivity contribution >= 4 is 24.8 Å². The van der Waals surface area contributed by atoms with Gasteiger partial charge in [0.25, 0.3) is 5.91 Å². The molecular weight excluding hydrogens is 267 g/mol. The van der Waals surface area contributed by atoms with Gasteiger partial charge in [-0.15, -0.1) is 0 Å². The highest BCUT2D eigenvalue weighted by Crippen LogP contribution is 1.98. The molecule has 0 fully saturated rings. The maximum Gasteiger partial charge on any atom is 0.326 e. The van der Waals surface area contributed by atoms with Crippen LogP contribution in [0.15, 0.2) is 24.3 Å². The Morgan fingerprint density at radius 2 is 1.81 bits per heavy atom. The van der Waals surface area contributed by atoms with Crippen LogP contribution in [0.3, 0.4) is 0 Å². The number of carbonyl (C=O) groups excluding carboxylic acids is 2. The van der Waals surface area contributed by atoms with Crippen molar-refractivity contribution in [3.8, 4) is 0 Å². The largest absolute Gasteiger partial charge is 0.450 e. The third kappa shape index (κ3) is 6.95. The number of amides is 2. The highest BCUT2D eigenvalue weighted by Gasteiger charge is 2.05. The topological polar surface area (TPSA) is 78.4 Å². The molecular formula is C15H22BN2O3. The standard InChI is InChI=1S/C15H22BN2O3/c1-2-10-17-14(19)5-3-4-11-18-15(20)12-6-8-13(16-21)9-7-12/h6-9,21H,2-5,10-11H2,1H3,(H,17,19)(H,18,20). The summed E-state index contributed by atoms with van der Waals surface area (Å²) in [5, 5.41) is 14.4. The van der Waals surface area contributed by atoms with Gasteiger partial charge in [0.2, 0.25) is 5.91 Å². The Balaban J connectivity index is 2.17. The Morgan fingerprint density at radius 3 is 2.43 bits per heavy atom. The number of rotatable bonds is 9. The number of carbonyl (C=O) groups is 2. The van der Waals surface area contributed by atoms with Crippen molar-refractivity contribution in [2.24, 2.45) is 0 Å². The molecule has 0 aliphatic heterocycles. The molecule has 0 aliphatic rings. The molecule has 0 heterocycles. The first-order valence-electron chi connectivity index (χ1n) is 7.29. The molecule has 6 heteroatoms. The fraction of sp³-hybridized carbons (Fsp3) is 0.467. The van der Waals surface area contributed by atoms with E-state index in [1.165, 1.54) is 0 Å². The lowest BCUT2D eigenvalue weighted by Gasteiger charge is -2.06. The molecule has 3 N–H and O–H groups in total. The van der Waals surface area contributed by atoms with Gasteiger partial charge in [-0.3, -0.25) is 9.59 Å². The first-order valence-corrected chi connectivity index (χ1v) is 7.29. The summed E-state index contributed by atoms with van der Waals surface area (Å²) < 4.78 is 0. The van der Waals surface area contributed by atoms with E-state index in [9.17, 15) is 9.59 Å². The van der Waals surface area contributed by atoms with Crippen LogP contribution in [0.4, 0.5) is 0 Å². The van der Waals surface area contributed by atoms with Gasteiger partial charge in [0.05, 0.1) is 0 Å². The molecule has 1 aromatic carbocycles. The van der Waals surface area contributed by atoms with Crippen LogP contribution in [-0.4, -0.2) is 37.4 Å². The molecule has 2 amide bonds. The first-order chi connectivity index (χ1) is 10.2. The van der Waals surface area contributed by atoms with Crippen LogP contribution in [0, 0.1) is 0 Å². The van der Waals surface area contributed by atoms with Gasteiger partial charge >= 0.3 is 7.48 Å². The van der Waals surface area contributed by atoms with Crippen molar-refractivity contribution in [1.82, 2.24) is 10.6 Å². The highest BCUT2D eigenvalue weighted by atomic mass is 16.2. The van der Waals surface area contributed by atoms with Crippen LogP contribution in [0.1, 0.15) is 43.0 Å². The normalized spacial score (nSPS) is 10.0. The lowest BCUT2D eigenvalue weighted by Crippen LogP contribution is -2.26. The summed E-state index contributed by atoms with van der Waals surface area (Å²) in [4.78, 5) is 23.2. The van der Waals surface area contributed by atoms with Crippen molar-refractivity contribution < 1.29 is 14.6 Å². The molecule has 0 bridgehead atoms. The molecule has 0 atom stereocenters. The van der Waals surface area contributed by atoms with Crippen molar-refractivity contribution in [2.75, 3.05) is 13.1 Å². The summed E-state index contributed by atoms with van der Waals surface area (Å²) in [7, 11) is 0.991. The van der Waals surface area contributed by atoms with Gasteiger partial charge in [-0.25, -0.2) is 0 Å². The van der Waals surface area contributed by atoms with Gasteiger partial charge < -0.3 is 15.7 Å². The van der Waals surface area contributed by atoms with E-state index in [1.54, 1.807) is 24.3 Å². The van der Waals surface area contributed by atoms with E-state index >= 15 is 0 Å². The minimum atomic E-state index is -0.144. The van der Waals surface area contributed by atoms with Gasteiger partial charge in [0.1, 0.15) is 0 Å². The minimum absolute atomic E-state index is 0.0685. The van der Waals surface area contributed by atoms with Crippen molar-refractivity contribution in [1.29, 1.82) is 0 Å². The van der Waals surface area contributed by atoms with Crippen LogP contribution >= 0.6 is 0 Å². The SMILES string of the molecule is CCCNC(=O)CCCCNC(=O)c1ccc([B]O)cc1. The number of benzene rings is 1. The van der Waals surface area contributed by atoms with Crippen molar-refractivity contribution in [3.05, 3.63) is 29.8 Å². The summed E-state index contributed by atoms with van der Waals surface area (Å²) in [6.07, 6.45) is 2.97. The van der Waals surface area contributed by atoms with Gasteiger partial charge in [0.15, 0.2) is 0 Å². The van der Waals surface area contributed by atoms with E-state index in [4.69, 9.17) is 5.02 Å². The summed E-state index contributed by atoms with van der Waals surface area (Å²) >= 11 is 0. The molecule has 0 saturated heterocycles. The summed E-state index contributed by atoms with van der Waals surface area (Å²) in [5.41, 5.74) is 1.21. The Kier molecular flexibility index (Phi) is 8.20. The highest BCUT2D eigenvalue weighted by molar-refractivity contribution is 6.45. The number of unbranched alkanes of at least 4 members (excludes halogenated alkanes) is 1. The van der Waals surface area contributed by atoms with E-state index in [1.807, 2.05) is 6.92 Å². The van der Waals surface area contributed by atoms with E-state index in [-0.39, 0.29) is 11.8 Å². The van der Waals surface area contributed by atoms with Gasteiger partial charge in [-0.2, -0.15) is 0 Å². The smallest absolute Gasteiger partial charge is 0.326 e. The Bertz CT molecular complexity index is 449. The van der Waals surface area contributed by atoms with Crippen LogP contribution in [0.2, 0.25) is 0 Å². The second-order valence-corrected chi connectivity index (χ2v) is 4.81.